The SMILES string of the molecule is CC(C)(C)SCC1CCS(=O)(=O)C1. The van der Waals surface area contributed by atoms with Gasteiger partial charge in [0, 0.05) is 4.75 Å². The van der Waals surface area contributed by atoms with Crippen molar-refractivity contribution in [1.29, 1.82) is 0 Å². The Hall–Kier alpha value is 0.300. The van der Waals surface area contributed by atoms with Crippen LogP contribution in [0.3, 0.4) is 0 Å². The first-order valence-electron chi connectivity index (χ1n) is 4.63. The van der Waals surface area contributed by atoms with Crippen molar-refractivity contribution in [2.24, 2.45) is 5.92 Å². The standard InChI is InChI=1S/C9H18O2S2/c1-9(2,3)12-6-8-4-5-13(10,11)7-8/h8H,4-7H2,1-3H3. The van der Waals surface area contributed by atoms with E-state index in [1.165, 1.54) is 0 Å². The quantitative estimate of drug-likeness (QED) is 0.716. The Labute approximate surface area is 85.4 Å². The zero-order valence-electron chi connectivity index (χ0n) is 8.54. The molecule has 1 unspecified atom stereocenters. The largest absolute Gasteiger partial charge is 0.229 e. The molecule has 0 bridgehead atoms. The molecule has 1 aliphatic rings. The number of hydrogen-bond donors (Lipinski definition) is 0. The van der Waals surface area contributed by atoms with Crippen LogP contribution in [0.2, 0.25) is 0 Å². The summed E-state index contributed by atoms with van der Waals surface area (Å²) in [6.45, 7) is 6.50. The first-order valence-corrected chi connectivity index (χ1v) is 7.44. The molecule has 0 aromatic rings. The van der Waals surface area contributed by atoms with E-state index in [9.17, 15) is 8.42 Å². The molecule has 1 heterocycles. The summed E-state index contributed by atoms with van der Waals surface area (Å²) in [7, 11) is -2.68. The van der Waals surface area contributed by atoms with Crippen molar-refractivity contribution in [2.75, 3.05) is 17.3 Å². The van der Waals surface area contributed by atoms with E-state index in [1.54, 1.807) is 0 Å². The first kappa shape index (κ1) is 11.4. The lowest BCUT2D eigenvalue weighted by Gasteiger charge is -2.19. The van der Waals surface area contributed by atoms with E-state index in [4.69, 9.17) is 0 Å². The minimum atomic E-state index is -2.68. The summed E-state index contributed by atoms with van der Waals surface area (Å²) in [6, 6.07) is 0. The second kappa shape index (κ2) is 3.81. The molecule has 1 rings (SSSR count). The highest BCUT2D eigenvalue weighted by Gasteiger charge is 2.28. The zero-order valence-corrected chi connectivity index (χ0v) is 10.2. The summed E-state index contributed by atoms with van der Waals surface area (Å²) in [5.41, 5.74) is 0. The minimum Gasteiger partial charge on any atom is -0.229 e. The normalized spacial score (nSPS) is 27.8. The van der Waals surface area contributed by atoms with Crippen molar-refractivity contribution < 1.29 is 8.42 Å². The zero-order chi connectivity index (χ0) is 10.1. The predicted molar refractivity (Wildman–Crippen MR) is 59.0 cm³/mol. The molecule has 0 amide bonds. The molecule has 1 aliphatic heterocycles. The number of rotatable bonds is 2. The topological polar surface area (TPSA) is 34.1 Å². The highest BCUT2D eigenvalue weighted by molar-refractivity contribution is 8.00. The van der Waals surface area contributed by atoms with Gasteiger partial charge >= 0.3 is 0 Å². The smallest absolute Gasteiger partial charge is 0.150 e. The van der Waals surface area contributed by atoms with E-state index in [2.05, 4.69) is 20.8 Å². The van der Waals surface area contributed by atoms with Crippen LogP contribution in [0, 0.1) is 5.92 Å². The Morgan fingerprint density at radius 2 is 2.00 bits per heavy atom. The maximum Gasteiger partial charge on any atom is 0.150 e. The van der Waals surface area contributed by atoms with Crippen LogP contribution >= 0.6 is 11.8 Å². The van der Waals surface area contributed by atoms with Crippen molar-refractivity contribution in [3.05, 3.63) is 0 Å². The molecule has 13 heavy (non-hydrogen) atoms. The molecule has 0 spiro atoms. The van der Waals surface area contributed by atoms with Gasteiger partial charge in [-0.1, -0.05) is 20.8 Å². The molecule has 0 saturated carbocycles. The van der Waals surface area contributed by atoms with Crippen molar-refractivity contribution in [2.45, 2.75) is 31.9 Å². The number of sulfone groups is 1. The third-order valence-electron chi connectivity index (χ3n) is 2.08. The van der Waals surface area contributed by atoms with Crippen LogP contribution in [0.25, 0.3) is 0 Å². The maximum absolute atomic E-state index is 11.2. The van der Waals surface area contributed by atoms with Crippen molar-refractivity contribution in [1.82, 2.24) is 0 Å². The molecule has 1 saturated heterocycles. The third kappa shape index (κ3) is 4.36. The molecule has 2 nitrogen and oxygen atoms in total. The maximum atomic E-state index is 11.2. The summed E-state index contributed by atoms with van der Waals surface area (Å²) in [6.07, 6.45) is 0.866. The van der Waals surface area contributed by atoms with Crippen LogP contribution in [0.1, 0.15) is 27.2 Å². The second-order valence-electron chi connectivity index (χ2n) is 4.69. The Balaban J connectivity index is 2.34. The van der Waals surface area contributed by atoms with Gasteiger partial charge < -0.3 is 0 Å². The third-order valence-corrected chi connectivity index (χ3v) is 5.42. The van der Waals surface area contributed by atoms with E-state index in [1.807, 2.05) is 11.8 Å². The lowest BCUT2D eigenvalue weighted by atomic mass is 10.2. The second-order valence-corrected chi connectivity index (χ2v) is 8.77. The fourth-order valence-corrected chi connectivity index (χ4v) is 4.40. The van der Waals surface area contributed by atoms with Gasteiger partial charge in [-0.15, -0.1) is 0 Å². The molecule has 0 radical (unpaired) electrons. The van der Waals surface area contributed by atoms with E-state index < -0.39 is 9.84 Å². The molecular weight excluding hydrogens is 204 g/mol. The lowest BCUT2D eigenvalue weighted by molar-refractivity contribution is 0.599. The van der Waals surface area contributed by atoms with Gasteiger partial charge in [-0.2, -0.15) is 11.8 Å². The molecule has 1 atom stereocenters. The summed E-state index contributed by atoms with van der Waals surface area (Å²) in [4.78, 5) is 0. The van der Waals surface area contributed by atoms with Gasteiger partial charge in [0.25, 0.3) is 0 Å². The molecule has 0 aromatic heterocycles. The molecule has 78 valence electrons. The Bertz CT molecular complexity index is 262. The van der Waals surface area contributed by atoms with E-state index in [0.29, 0.717) is 17.4 Å². The molecule has 0 aliphatic carbocycles. The molecule has 0 aromatic carbocycles. The summed E-state index contributed by atoms with van der Waals surface area (Å²) in [5.74, 6) is 2.20. The van der Waals surface area contributed by atoms with Gasteiger partial charge in [-0.3, -0.25) is 0 Å². The van der Waals surface area contributed by atoms with Gasteiger partial charge in [0.15, 0.2) is 9.84 Å². The van der Waals surface area contributed by atoms with Crippen molar-refractivity contribution in [3.63, 3.8) is 0 Å². The van der Waals surface area contributed by atoms with Gasteiger partial charge in [0.05, 0.1) is 11.5 Å². The monoisotopic (exact) mass is 222 g/mol. The molecular formula is C9H18O2S2. The van der Waals surface area contributed by atoms with Crippen LogP contribution in [0.4, 0.5) is 0 Å². The van der Waals surface area contributed by atoms with Gasteiger partial charge in [0.2, 0.25) is 0 Å². The van der Waals surface area contributed by atoms with Crippen LogP contribution < -0.4 is 0 Å². The van der Waals surface area contributed by atoms with E-state index in [-0.39, 0.29) is 4.75 Å². The first-order chi connectivity index (χ1) is 5.79. The summed E-state index contributed by atoms with van der Waals surface area (Å²) >= 11 is 1.87. The Kier molecular flexibility index (Phi) is 3.33. The summed E-state index contributed by atoms with van der Waals surface area (Å²) in [5, 5.41) is 0. The Morgan fingerprint density at radius 3 is 2.38 bits per heavy atom. The van der Waals surface area contributed by atoms with E-state index >= 15 is 0 Å². The van der Waals surface area contributed by atoms with Gasteiger partial charge in [-0.25, -0.2) is 8.42 Å². The van der Waals surface area contributed by atoms with Crippen LogP contribution in [0.15, 0.2) is 0 Å². The van der Waals surface area contributed by atoms with Gasteiger partial charge in [-0.05, 0) is 18.1 Å². The van der Waals surface area contributed by atoms with Crippen LogP contribution in [-0.4, -0.2) is 30.4 Å². The molecule has 4 heteroatoms. The summed E-state index contributed by atoms with van der Waals surface area (Å²) < 4.78 is 22.6. The van der Waals surface area contributed by atoms with E-state index in [0.717, 1.165) is 12.2 Å². The van der Waals surface area contributed by atoms with Gasteiger partial charge in [0.1, 0.15) is 0 Å². The molecule has 1 fully saturated rings. The number of hydrogen-bond acceptors (Lipinski definition) is 3. The average molecular weight is 222 g/mol. The highest BCUT2D eigenvalue weighted by Crippen LogP contribution is 2.29. The van der Waals surface area contributed by atoms with Crippen LogP contribution in [0.5, 0.6) is 0 Å². The molecule has 0 N–H and O–H groups in total. The average Bonchev–Trinajstić information content (AvgIpc) is 2.24. The van der Waals surface area contributed by atoms with Crippen molar-refractivity contribution in [3.8, 4) is 0 Å². The highest BCUT2D eigenvalue weighted by atomic mass is 32.2. The fraction of sp³-hybridized carbons (Fsp3) is 1.00. The number of thioether (sulfide) groups is 1. The van der Waals surface area contributed by atoms with Crippen LogP contribution in [-0.2, 0) is 9.84 Å². The van der Waals surface area contributed by atoms with Crippen molar-refractivity contribution >= 4 is 21.6 Å². The fourth-order valence-electron chi connectivity index (χ4n) is 1.37. The lowest BCUT2D eigenvalue weighted by Crippen LogP contribution is -2.14. The predicted octanol–water partition coefficient (Wildman–Crippen LogP) is 1.95. The minimum absolute atomic E-state index is 0.256. The Morgan fingerprint density at radius 1 is 1.38 bits per heavy atom.